The van der Waals surface area contributed by atoms with Crippen molar-refractivity contribution in [2.45, 2.75) is 98.4 Å². The molecule has 0 aliphatic carbocycles. The van der Waals surface area contributed by atoms with E-state index >= 15 is 0 Å². The van der Waals surface area contributed by atoms with Crippen molar-refractivity contribution in [3.05, 3.63) is 29.3 Å². The second-order valence-corrected chi connectivity index (χ2v) is 10.4. The van der Waals surface area contributed by atoms with Crippen molar-refractivity contribution in [1.29, 1.82) is 0 Å². The highest BCUT2D eigenvalue weighted by molar-refractivity contribution is 5.91. The molecule has 0 heterocycles. The predicted octanol–water partition coefficient (Wildman–Crippen LogP) is 4.20. The van der Waals surface area contributed by atoms with Crippen molar-refractivity contribution in [2.24, 2.45) is 0 Å². The van der Waals surface area contributed by atoms with Gasteiger partial charge in [-0.15, -0.1) is 0 Å². The van der Waals surface area contributed by atoms with E-state index in [4.69, 9.17) is 4.74 Å². The lowest BCUT2D eigenvalue weighted by Crippen LogP contribution is -2.55. The van der Waals surface area contributed by atoms with Crippen molar-refractivity contribution in [3.8, 4) is 5.75 Å². The maximum absolute atomic E-state index is 13.5. The third kappa shape index (κ3) is 8.94. The quantitative estimate of drug-likeness (QED) is 0.536. The lowest BCUT2D eigenvalue weighted by molar-refractivity contribution is -0.146. The van der Waals surface area contributed by atoms with Crippen LogP contribution in [0.25, 0.3) is 0 Å². The smallest absolute Gasteiger partial charge is 0.408 e. The number of carbonyl (C=O) groups is 3. The summed E-state index contributed by atoms with van der Waals surface area (Å²) in [5.74, 6) is -0.638. The first-order valence-corrected chi connectivity index (χ1v) is 11.5. The van der Waals surface area contributed by atoms with Crippen LogP contribution in [0.5, 0.6) is 5.75 Å². The molecule has 0 fully saturated rings. The summed E-state index contributed by atoms with van der Waals surface area (Å²) >= 11 is 0. The van der Waals surface area contributed by atoms with Crippen LogP contribution < -0.4 is 10.6 Å². The summed E-state index contributed by atoms with van der Waals surface area (Å²) in [6.07, 6.45) is 1.01. The first-order valence-electron chi connectivity index (χ1n) is 11.5. The van der Waals surface area contributed by atoms with Crippen molar-refractivity contribution in [2.75, 3.05) is 6.54 Å². The Bertz CT molecular complexity index is 839. The van der Waals surface area contributed by atoms with Gasteiger partial charge in [-0.25, -0.2) is 4.79 Å². The Balaban J connectivity index is 3.34. The van der Waals surface area contributed by atoms with Crippen LogP contribution >= 0.6 is 0 Å². The third-order valence-corrected chi connectivity index (χ3v) is 4.93. The van der Waals surface area contributed by atoms with Crippen LogP contribution in [0.3, 0.4) is 0 Å². The van der Waals surface area contributed by atoms with Crippen LogP contribution in [0.15, 0.2) is 18.2 Å². The molecule has 33 heavy (non-hydrogen) atoms. The topological polar surface area (TPSA) is 108 Å². The van der Waals surface area contributed by atoms with Gasteiger partial charge in [-0.3, -0.25) is 9.59 Å². The number of aromatic hydroxyl groups is 1. The van der Waals surface area contributed by atoms with Gasteiger partial charge >= 0.3 is 6.09 Å². The van der Waals surface area contributed by atoms with Crippen molar-refractivity contribution in [3.63, 3.8) is 0 Å². The fraction of sp³-hybridized carbons (Fsp3) is 0.640. The average Bonchev–Trinajstić information content (AvgIpc) is 2.64. The number of alkyl carbamates (subject to hydrolysis) is 1. The molecule has 1 aromatic rings. The van der Waals surface area contributed by atoms with Gasteiger partial charge in [0.2, 0.25) is 11.8 Å². The summed E-state index contributed by atoms with van der Waals surface area (Å²) in [6.45, 7) is 16.1. The lowest BCUT2D eigenvalue weighted by Gasteiger charge is -2.41. The van der Waals surface area contributed by atoms with Crippen LogP contribution in [0, 0.1) is 6.92 Å². The number of ether oxygens (including phenoxy) is 1. The normalized spacial score (nSPS) is 13.6. The Morgan fingerprint density at radius 2 is 1.73 bits per heavy atom. The molecule has 0 saturated heterocycles. The van der Waals surface area contributed by atoms with Crippen LogP contribution in [0.2, 0.25) is 0 Å². The monoisotopic (exact) mass is 463 g/mol. The molecule has 0 aromatic heterocycles. The van der Waals surface area contributed by atoms with Gasteiger partial charge in [0.15, 0.2) is 0 Å². The number of aryl methyl sites for hydroxylation is 1. The second-order valence-electron chi connectivity index (χ2n) is 10.4. The summed E-state index contributed by atoms with van der Waals surface area (Å²) in [7, 11) is 0. The molecule has 0 aliphatic rings. The minimum absolute atomic E-state index is 0.0694. The van der Waals surface area contributed by atoms with E-state index in [1.54, 1.807) is 39.8 Å². The van der Waals surface area contributed by atoms with Crippen molar-refractivity contribution in [1.82, 2.24) is 15.5 Å². The maximum Gasteiger partial charge on any atom is 0.408 e. The van der Waals surface area contributed by atoms with Crippen LogP contribution in [0.1, 0.15) is 85.4 Å². The Morgan fingerprint density at radius 3 is 2.21 bits per heavy atom. The molecule has 0 saturated carbocycles. The minimum Gasteiger partial charge on any atom is -0.508 e. The zero-order valence-corrected chi connectivity index (χ0v) is 21.5. The Morgan fingerprint density at radius 1 is 1.12 bits per heavy atom. The molecule has 186 valence electrons. The molecule has 0 radical (unpaired) electrons. The highest BCUT2D eigenvalue weighted by atomic mass is 16.6. The molecule has 0 bridgehead atoms. The number of carbonyl (C=O) groups excluding carboxylic acids is 3. The molecule has 2 unspecified atom stereocenters. The number of nitrogens with zero attached hydrogens (tertiary/aromatic N) is 1. The molecule has 1 aromatic carbocycles. The van der Waals surface area contributed by atoms with Crippen molar-refractivity contribution >= 4 is 17.9 Å². The number of phenols is 1. The maximum atomic E-state index is 13.5. The second kappa shape index (κ2) is 11.4. The first-order chi connectivity index (χ1) is 15.1. The van der Waals surface area contributed by atoms with E-state index in [-0.39, 0.29) is 24.2 Å². The number of amides is 3. The van der Waals surface area contributed by atoms with E-state index in [2.05, 4.69) is 10.6 Å². The Labute approximate surface area is 198 Å². The molecule has 2 atom stereocenters. The molecule has 1 rings (SSSR count). The summed E-state index contributed by atoms with van der Waals surface area (Å²) in [4.78, 5) is 40.4. The number of hydrogen-bond donors (Lipinski definition) is 3. The van der Waals surface area contributed by atoms with Crippen molar-refractivity contribution < 1.29 is 24.2 Å². The van der Waals surface area contributed by atoms with Crippen LogP contribution in [0.4, 0.5) is 4.79 Å². The Kier molecular flexibility index (Phi) is 9.75. The van der Waals surface area contributed by atoms with Gasteiger partial charge in [-0.1, -0.05) is 19.4 Å². The van der Waals surface area contributed by atoms with E-state index in [0.717, 1.165) is 12.8 Å². The van der Waals surface area contributed by atoms with Crippen LogP contribution in [-0.2, 0) is 14.3 Å². The molecule has 3 N–H and O–H groups in total. The number of hydrogen-bond acceptors (Lipinski definition) is 5. The lowest BCUT2D eigenvalue weighted by atomic mass is 9.95. The summed E-state index contributed by atoms with van der Waals surface area (Å²) < 4.78 is 5.23. The van der Waals surface area contributed by atoms with E-state index in [1.807, 2.05) is 34.6 Å². The third-order valence-electron chi connectivity index (χ3n) is 4.93. The molecule has 8 heteroatoms. The van der Waals surface area contributed by atoms with Gasteiger partial charge in [0.05, 0.1) is 0 Å². The summed E-state index contributed by atoms with van der Waals surface area (Å²) in [5.41, 5.74) is -0.264. The molecule has 0 aliphatic heterocycles. The number of nitrogens with one attached hydrogen (secondary N) is 2. The van der Waals surface area contributed by atoms with E-state index in [0.29, 0.717) is 11.1 Å². The molecule has 0 spiro atoms. The molecule has 3 amide bonds. The van der Waals surface area contributed by atoms with E-state index in [1.165, 1.54) is 11.0 Å². The van der Waals surface area contributed by atoms with Gasteiger partial charge in [0, 0.05) is 11.6 Å². The molecule has 8 nitrogen and oxygen atoms in total. The highest BCUT2D eigenvalue weighted by Gasteiger charge is 2.39. The van der Waals surface area contributed by atoms with Gasteiger partial charge in [-0.2, -0.15) is 0 Å². The molecular weight excluding hydrogens is 422 g/mol. The SMILES string of the molecule is CCCC(C)NC(=O)C(c1ccc(O)c(C)c1)N(C(=O)CNC(=O)OC(C)(C)C)C(C)(C)C. The van der Waals surface area contributed by atoms with E-state index < -0.39 is 29.2 Å². The number of benzene rings is 1. The Hall–Kier alpha value is -2.77. The zero-order chi connectivity index (χ0) is 25.6. The first kappa shape index (κ1) is 28.3. The minimum atomic E-state index is -0.948. The predicted molar refractivity (Wildman–Crippen MR) is 129 cm³/mol. The fourth-order valence-electron chi connectivity index (χ4n) is 3.55. The average molecular weight is 464 g/mol. The number of rotatable bonds is 8. The number of phenolic OH excluding ortho intramolecular Hbond substituents is 1. The van der Waals surface area contributed by atoms with Gasteiger partial charge < -0.3 is 25.4 Å². The van der Waals surface area contributed by atoms with Gasteiger partial charge in [-0.05, 0) is 85.1 Å². The van der Waals surface area contributed by atoms with Gasteiger partial charge in [0.25, 0.3) is 0 Å². The van der Waals surface area contributed by atoms with E-state index in [9.17, 15) is 19.5 Å². The summed E-state index contributed by atoms with van der Waals surface area (Å²) in [6, 6.07) is 3.85. The largest absolute Gasteiger partial charge is 0.508 e. The van der Waals surface area contributed by atoms with Crippen LogP contribution in [-0.4, -0.2) is 51.6 Å². The summed E-state index contributed by atoms with van der Waals surface area (Å²) in [5, 5.41) is 15.5. The van der Waals surface area contributed by atoms with Gasteiger partial charge in [0.1, 0.15) is 23.9 Å². The standard InChI is InChI=1S/C25H41N3O5/c1-10-11-17(3)27-22(31)21(18-12-13-19(29)16(2)14-18)28(24(4,5)6)20(30)15-26-23(32)33-25(7,8)9/h12-14,17,21,29H,10-11,15H2,1-9H3,(H,26,32)(H,27,31). The zero-order valence-electron chi connectivity index (χ0n) is 21.5. The molecular formula is C25H41N3O5. The fourth-order valence-corrected chi connectivity index (χ4v) is 3.55. The highest BCUT2D eigenvalue weighted by Crippen LogP contribution is 2.31.